The number of anilines is 3. The second kappa shape index (κ2) is 8.76. The lowest BCUT2D eigenvalue weighted by atomic mass is 9.93. The SMILES string of the molecule is O=C(Nc1ccc(N2CCOCC2)cc1N1CCOCC1)C1CC=CCC1. The van der Waals surface area contributed by atoms with Gasteiger partial charge in [-0.15, -0.1) is 0 Å². The average Bonchev–Trinajstić information content (AvgIpc) is 2.76. The molecule has 4 rings (SSSR count). The minimum atomic E-state index is 0.0754. The molecule has 2 fully saturated rings. The summed E-state index contributed by atoms with van der Waals surface area (Å²) < 4.78 is 11.0. The van der Waals surface area contributed by atoms with Crippen LogP contribution in [0, 0.1) is 5.92 Å². The summed E-state index contributed by atoms with van der Waals surface area (Å²) in [7, 11) is 0. The molecular weight excluding hydrogens is 342 g/mol. The minimum absolute atomic E-state index is 0.0754. The second-order valence-corrected chi connectivity index (χ2v) is 7.37. The van der Waals surface area contributed by atoms with Crippen LogP contribution in [-0.2, 0) is 14.3 Å². The Labute approximate surface area is 161 Å². The van der Waals surface area contributed by atoms with E-state index in [4.69, 9.17) is 9.47 Å². The highest BCUT2D eigenvalue weighted by atomic mass is 16.5. The van der Waals surface area contributed by atoms with Crippen molar-refractivity contribution in [1.29, 1.82) is 0 Å². The first kappa shape index (κ1) is 18.3. The molecule has 1 aromatic rings. The van der Waals surface area contributed by atoms with Gasteiger partial charge in [-0.05, 0) is 37.5 Å². The molecule has 146 valence electrons. The highest BCUT2D eigenvalue weighted by Gasteiger charge is 2.23. The maximum absolute atomic E-state index is 12.8. The van der Waals surface area contributed by atoms with Crippen LogP contribution in [-0.4, -0.2) is 58.5 Å². The highest BCUT2D eigenvalue weighted by Crippen LogP contribution is 2.33. The standard InChI is InChI=1S/C21H29N3O3/c25-21(17-4-2-1-3-5-17)22-19-7-6-18(23-8-12-26-13-9-23)16-20(19)24-10-14-27-15-11-24/h1-2,6-7,16-17H,3-5,8-15H2,(H,22,25). The fraction of sp³-hybridized carbons (Fsp3) is 0.571. The lowest BCUT2D eigenvalue weighted by Crippen LogP contribution is -2.38. The Balaban J connectivity index is 1.56. The maximum Gasteiger partial charge on any atom is 0.227 e. The van der Waals surface area contributed by atoms with Crippen molar-refractivity contribution in [1.82, 2.24) is 0 Å². The van der Waals surface area contributed by atoms with E-state index in [1.165, 1.54) is 5.69 Å². The topological polar surface area (TPSA) is 54.0 Å². The molecule has 0 aromatic heterocycles. The molecule has 6 heteroatoms. The molecule has 2 heterocycles. The van der Waals surface area contributed by atoms with E-state index >= 15 is 0 Å². The van der Waals surface area contributed by atoms with Crippen molar-refractivity contribution in [3.63, 3.8) is 0 Å². The summed E-state index contributed by atoms with van der Waals surface area (Å²) >= 11 is 0. The van der Waals surface area contributed by atoms with Gasteiger partial charge >= 0.3 is 0 Å². The van der Waals surface area contributed by atoms with Gasteiger partial charge in [0.1, 0.15) is 0 Å². The number of benzene rings is 1. The summed E-state index contributed by atoms with van der Waals surface area (Å²) in [5, 5.41) is 3.21. The number of carbonyl (C=O) groups is 1. The van der Waals surface area contributed by atoms with Crippen molar-refractivity contribution in [2.45, 2.75) is 19.3 Å². The normalized spacial score (nSPS) is 23.3. The lowest BCUT2D eigenvalue weighted by Gasteiger charge is -2.34. The Morgan fingerprint density at radius 2 is 1.67 bits per heavy atom. The molecule has 2 saturated heterocycles. The molecular formula is C21H29N3O3. The van der Waals surface area contributed by atoms with Crippen molar-refractivity contribution in [3.8, 4) is 0 Å². The first-order valence-corrected chi connectivity index (χ1v) is 10.1. The van der Waals surface area contributed by atoms with Crippen LogP contribution in [0.3, 0.4) is 0 Å². The van der Waals surface area contributed by atoms with Crippen molar-refractivity contribution < 1.29 is 14.3 Å². The summed E-state index contributed by atoms with van der Waals surface area (Å²) in [5.74, 6) is 0.208. The Morgan fingerprint density at radius 3 is 2.33 bits per heavy atom. The van der Waals surface area contributed by atoms with Crippen LogP contribution in [0.1, 0.15) is 19.3 Å². The van der Waals surface area contributed by atoms with Gasteiger partial charge in [0, 0.05) is 37.8 Å². The number of morpholine rings is 2. The third-order valence-electron chi connectivity index (χ3n) is 5.61. The largest absolute Gasteiger partial charge is 0.378 e. The predicted octanol–water partition coefficient (Wildman–Crippen LogP) is 2.65. The number of amides is 1. The summed E-state index contributed by atoms with van der Waals surface area (Å²) in [4.78, 5) is 17.4. The Kier molecular flexibility index (Phi) is 5.94. The lowest BCUT2D eigenvalue weighted by molar-refractivity contribution is -0.120. The van der Waals surface area contributed by atoms with Gasteiger partial charge in [-0.2, -0.15) is 0 Å². The summed E-state index contributed by atoms with van der Waals surface area (Å²) in [5.41, 5.74) is 3.20. The van der Waals surface area contributed by atoms with Gasteiger partial charge in [0.05, 0.1) is 37.8 Å². The summed E-state index contributed by atoms with van der Waals surface area (Å²) in [6.07, 6.45) is 7.05. The van der Waals surface area contributed by atoms with Gasteiger partial charge < -0.3 is 24.6 Å². The van der Waals surface area contributed by atoms with Gasteiger partial charge in [0.15, 0.2) is 0 Å². The monoisotopic (exact) mass is 371 g/mol. The molecule has 0 saturated carbocycles. The van der Waals surface area contributed by atoms with Gasteiger partial charge in [0.25, 0.3) is 0 Å². The van der Waals surface area contributed by atoms with E-state index in [2.05, 4.69) is 45.5 Å². The molecule has 6 nitrogen and oxygen atoms in total. The zero-order valence-corrected chi connectivity index (χ0v) is 15.9. The smallest absolute Gasteiger partial charge is 0.227 e. The maximum atomic E-state index is 12.8. The third-order valence-corrected chi connectivity index (χ3v) is 5.61. The zero-order chi connectivity index (χ0) is 18.5. The summed E-state index contributed by atoms with van der Waals surface area (Å²) in [6, 6.07) is 6.39. The Morgan fingerprint density at radius 1 is 0.963 bits per heavy atom. The highest BCUT2D eigenvalue weighted by molar-refractivity contribution is 5.96. The second-order valence-electron chi connectivity index (χ2n) is 7.37. The number of hydrogen-bond donors (Lipinski definition) is 1. The molecule has 0 spiro atoms. The molecule has 1 unspecified atom stereocenters. The average molecular weight is 371 g/mol. The van der Waals surface area contributed by atoms with Crippen LogP contribution >= 0.6 is 0 Å². The van der Waals surface area contributed by atoms with E-state index < -0.39 is 0 Å². The van der Waals surface area contributed by atoms with Gasteiger partial charge in [0.2, 0.25) is 5.91 Å². The van der Waals surface area contributed by atoms with Gasteiger partial charge in [-0.3, -0.25) is 4.79 Å². The van der Waals surface area contributed by atoms with Crippen molar-refractivity contribution in [3.05, 3.63) is 30.4 Å². The molecule has 3 aliphatic rings. The van der Waals surface area contributed by atoms with E-state index in [1.54, 1.807) is 0 Å². The molecule has 0 bridgehead atoms. The molecule has 1 aliphatic carbocycles. The van der Waals surface area contributed by atoms with E-state index in [0.717, 1.165) is 83.2 Å². The number of rotatable bonds is 4. The number of hydrogen-bond acceptors (Lipinski definition) is 5. The van der Waals surface area contributed by atoms with Crippen molar-refractivity contribution in [2.24, 2.45) is 5.92 Å². The molecule has 0 radical (unpaired) electrons. The van der Waals surface area contributed by atoms with Crippen molar-refractivity contribution >= 4 is 23.0 Å². The molecule has 2 aliphatic heterocycles. The fourth-order valence-corrected chi connectivity index (χ4v) is 3.98. The molecule has 1 atom stereocenters. The Hall–Kier alpha value is -2.05. The number of carbonyl (C=O) groups excluding carboxylic acids is 1. The minimum Gasteiger partial charge on any atom is -0.378 e. The molecule has 1 N–H and O–H groups in total. The van der Waals surface area contributed by atoms with Crippen LogP contribution < -0.4 is 15.1 Å². The first-order chi connectivity index (χ1) is 13.3. The first-order valence-electron chi connectivity index (χ1n) is 10.1. The number of nitrogens with one attached hydrogen (secondary N) is 1. The number of nitrogens with zero attached hydrogens (tertiary/aromatic N) is 2. The summed E-state index contributed by atoms with van der Waals surface area (Å²) in [6.45, 7) is 6.49. The van der Waals surface area contributed by atoms with Crippen molar-refractivity contribution in [2.75, 3.05) is 67.7 Å². The number of allylic oxidation sites excluding steroid dienone is 2. The van der Waals surface area contributed by atoms with Crippen LogP contribution in [0.5, 0.6) is 0 Å². The fourth-order valence-electron chi connectivity index (χ4n) is 3.98. The predicted molar refractivity (Wildman–Crippen MR) is 108 cm³/mol. The molecule has 27 heavy (non-hydrogen) atoms. The molecule has 1 aromatic carbocycles. The quantitative estimate of drug-likeness (QED) is 0.825. The zero-order valence-electron chi connectivity index (χ0n) is 15.9. The van der Waals surface area contributed by atoms with E-state index in [-0.39, 0.29) is 11.8 Å². The van der Waals surface area contributed by atoms with E-state index in [9.17, 15) is 4.79 Å². The third kappa shape index (κ3) is 4.45. The van der Waals surface area contributed by atoms with Crippen LogP contribution in [0.15, 0.2) is 30.4 Å². The Bertz CT molecular complexity index is 679. The van der Waals surface area contributed by atoms with Gasteiger partial charge in [-0.1, -0.05) is 12.2 Å². The van der Waals surface area contributed by atoms with Gasteiger partial charge in [-0.25, -0.2) is 0 Å². The van der Waals surface area contributed by atoms with Crippen LogP contribution in [0.4, 0.5) is 17.1 Å². The molecule has 1 amide bonds. The van der Waals surface area contributed by atoms with Crippen LogP contribution in [0.2, 0.25) is 0 Å². The van der Waals surface area contributed by atoms with E-state index in [0.29, 0.717) is 0 Å². The van der Waals surface area contributed by atoms with Crippen LogP contribution in [0.25, 0.3) is 0 Å². The number of ether oxygens (including phenoxy) is 2. The van der Waals surface area contributed by atoms with E-state index in [1.807, 2.05) is 0 Å².